The van der Waals surface area contributed by atoms with Gasteiger partial charge in [0.15, 0.2) is 5.58 Å². The molecule has 0 atom stereocenters. The van der Waals surface area contributed by atoms with Crippen LogP contribution < -0.4 is 4.74 Å². The van der Waals surface area contributed by atoms with Crippen molar-refractivity contribution < 1.29 is 9.26 Å². The van der Waals surface area contributed by atoms with E-state index in [4.69, 9.17) is 9.26 Å². The first-order valence-corrected chi connectivity index (χ1v) is 7.21. The summed E-state index contributed by atoms with van der Waals surface area (Å²) in [5.41, 5.74) is 1.97. The lowest BCUT2D eigenvalue weighted by Gasteiger charge is -2.16. The predicted molar refractivity (Wildman–Crippen MR) is 77.0 cm³/mol. The van der Waals surface area contributed by atoms with Crippen molar-refractivity contribution in [2.75, 3.05) is 26.2 Å². The average molecular weight is 271 g/mol. The number of ether oxygens (including phenoxy) is 1. The Kier molecular flexibility index (Phi) is 2.92. The number of hydrogen-bond donors (Lipinski definition) is 0. The molecule has 5 heteroatoms. The summed E-state index contributed by atoms with van der Waals surface area (Å²) in [4.78, 5) is 6.79. The highest BCUT2D eigenvalue weighted by atomic mass is 16.5. The van der Waals surface area contributed by atoms with Crippen LogP contribution in [0.5, 0.6) is 5.75 Å². The maximum absolute atomic E-state index is 5.86. The molecule has 1 saturated heterocycles. The molecule has 0 aliphatic carbocycles. The van der Waals surface area contributed by atoms with Crippen molar-refractivity contribution in [3.8, 4) is 5.75 Å². The van der Waals surface area contributed by atoms with Gasteiger partial charge in [-0.3, -0.25) is 0 Å². The van der Waals surface area contributed by atoms with E-state index in [1.54, 1.807) is 6.21 Å². The third-order valence-corrected chi connectivity index (χ3v) is 4.07. The highest BCUT2D eigenvalue weighted by Crippen LogP contribution is 2.38. The van der Waals surface area contributed by atoms with Crippen LogP contribution in [0, 0.1) is 0 Å². The maximum Gasteiger partial charge on any atom is 0.206 e. The molecule has 1 fully saturated rings. The summed E-state index contributed by atoms with van der Waals surface area (Å²) >= 11 is 0. The van der Waals surface area contributed by atoms with E-state index >= 15 is 0 Å². The first kappa shape index (κ1) is 11.9. The summed E-state index contributed by atoms with van der Waals surface area (Å²) in [5, 5.41) is 4.92. The van der Waals surface area contributed by atoms with Gasteiger partial charge >= 0.3 is 0 Å². The number of hydrogen-bond acceptors (Lipinski definition) is 5. The van der Waals surface area contributed by atoms with Gasteiger partial charge in [0.25, 0.3) is 0 Å². The second-order valence-corrected chi connectivity index (χ2v) is 5.35. The molecule has 5 nitrogen and oxygen atoms in total. The molecular formula is C15H17N3O2. The average Bonchev–Trinajstić information content (AvgIpc) is 3.06. The fourth-order valence-corrected chi connectivity index (χ4v) is 3.01. The van der Waals surface area contributed by atoms with Crippen molar-refractivity contribution >= 4 is 23.0 Å². The number of aromatic nitrogens is 1. The van der Waals surface area contributed by atoms with Crippen molar-refractivity contribution in [1.29, 1.82) is 0 Å². The van der Waals surface area contributed by atoms with Gasteiger partial charge < -0.3 is 14.2 Å². The lowest BCUT2D eigenvalue weighted by molar-refractivity contribution is 0.337. The van der Waals surface area contributed by atoms with Crippen molar-refractivity contribution in [2.45, 2.75) is 19.3 Å². The third-order valence-electron chi connectivity index (χ3n) is 4.07. The Morgan fingerprint density at radius 1 is 1.20 bits per heavy atom. The summed E-state index contributed by atoms with van der Waals surface area (Å²) in [6.45, 7) is 4.02. The van der Waals surface area contributed by atoms with Gasteiger partial charge in [-0.1, -0.05) is 11.2 Å². The van der Waals surface area contributed by atoms with E-state index in [-0.39, 0.29) is 0 Å². The SMILES string of the molecule is C1=Nc2noc3ccc(CCN4CCCC4)c(c23)OC1. The minimum Gasteiger partial charge on any atom is -0.487 e. The quantitative estimate of drug-likeness (QED) is 0.861. The molecule has 3 heterocycles. The van der Waals surface area contributed by atoms with E-state index in [2.05, 4.69) is 21.1 Å². The summed E-state index contributed by atoms with van der Waals surface area (Å²) in [6, 6.07) is 4.06. The number of benzene rings is 1. The minimum atomic E-state index is 0.492. The molecular weight excluding hydrogens is 254 g/mol. The predicted octanol–water partition coefficient (Wildman–Crippen LogP) is 2.56. The zero-order chi connectivity index (χ0) is 13.4. The Labute approximate surface area is 117 Å². The molecule has 1 aromatic carbocycles. The van der Waals surface area contributed by atoms with Crippen LogP contribution in [0.4, 0.5) is 5.82 Å². The number of aliphatic imine (C=N–C) groups is 1. The molecule has 2 aliphatic rings. The zero-order valence-corrected chi connectivity index (χ0v) is 11.3. The molecule has 0 spiro atoms. The summed E-state index contributed by atoms with van der Waals surface area (Å²) in [6.07, 6.45) is 5.38. The van der Waals surface area contributed by atoms with Crippen LogP contribution in [0.2, 0.25) is 0 Å². The van der Waals surface area contributed by atoms with Crippen molar-refractivity contribution in [1.82, 2.24) is 10.1 Å². The Hall–Kier alpha value is -1.88. The van der Waals surface area contributed by atoms with E-state index in [9.17, 15) is 0 Å². The van der Waals surface area contributed by atoms with Gasteiger partial charge in [-0.25, -0.2) is 4.99 Å². The van der Waals surface area contributed by atoms with Gasteiger partial charge in [-0.05, 0) is 44.0 Å². The molecule has 0 saturated carbocycles. The van der Waals surface area contributed by atoms with Gasteiger partial charge in [-0.2, -0.15) is 0 Å². The lowest BCUT2D eigenvalue weighted by Crippen LogP contribution is -2.22. The fourth-order valence-electron chi connectivity index (χ4n) is 3.01. The molecule has 104 valence electrons. The van der Waals surface area contributed by atoms with E-state index in [1.165, 1.54) is 31.5 Å². The normalized spacial score (nSPS) is 18.4. The van der Waals surface area contributed by atoms with Crippen molar-refractivity contribution in [2.24, 2.45) is 4.99 Å². The van der Waals surface area contributed by atoms with E-state index in [0.29, 0.717) is 12.4 Å². The highest BCUT2D eigenvalue weighted by molar-refractivity contribution is 5.95. The highest BCUT2D eigenvalue weighted by Gasteiger charge is 2.20. The third kappa shape index (κ3) is 1.98. The minimum absolute atomic E-state index is 0.492. The van der Waals surface area contributed by atoms with Gasteiger partial charge in [0.05, 0.1) is 0 Å². The molecule has 0 unspecified atom stereocenters. The van der Waals surface area contributed by atoms with Crippen molar-refractivity contribution in [3.63, 3.8) is 0 Å². The molecule has 2 aromatic rings. The van der Waals surface area contributed by atoms with Crippen LogP contribution >= 0.6 is 0 Å². The number of likely N-dealkylation sites (tertiary alicyclic amines) is 1. The second kappa shape index (κ2) is 4.90. The largest absolute Gasteiger partial charge is 0.487 e. The van der Waals surface area contributed by atoms with Gasteiger partial charge in [0.2, 0.25) is 5.82 Å². The van der Waals surface area contributed by atoms with Gasteiger partial charge in [0, 0.05) is 12.8 Å². The number of nitrogens with zero attached hydrogens (tertiary/aromatic N) is 3. The van der Waals surface area contributed by atoms with Crippen LogP contribution in [-0.2, 0) is 6.42 Å². The topological polar surface area (TPSA) is 50.9 Å². The Balaban J connectivity index is 1.67. The summed E-state index contributed by atoms with van der Waals surface area (Å²) < 4.78 is 11.2. The lowest BCUT2D eigenvalue weighted by atomic mass is 10.1. The fraction of sp³-hybridized carbons (Fsp3) is 0.467. The molecule has 0 amide bonds. The summed E-state index contributed by atoms with van der Waals surface area (Å²) in [7, 11) is 0. The van der Waals surface area contributed by atoms with Gasteiger partial charge in [0.1, 0.15) is 17.7 Å². The Morgan fingerprint density at radius 2 is 2.10 bits per heavy atom. The molecule has 2 aliphatic heterocycles. The molecule has 0 N–H and O–H groups in total. The Bertz CT molecular complexity index is 656. The van der Waals surface area contributed by atoms with Crippen LogP contribution in [0.25, 0.3) is 11.0 Å². The van der Waals surface area contributed by atoms with Crippen LogP contribution in [-0.4, -0.2) is 42.5 Å². The van der Waals surface area contributed by atoms with Gasteiger partial charge in [-0.15, -0.1) is 0 Å². The van der Waals surface area contributed by atoms with Crippen LogP contribution in [0.15, 0.2) is 21.6 Å². The first-order chi connectivity index (χ1) is 9.92. The monoisotopic (exact) mass is 271 g/mol. The standard InChI is InChI=1S/C15H17N3O2/c1-2-8-18(7-1)9-5-11-3-4-12-13-14(11)19-10-6-16-15(13)17-20-12/h3-4,6H,1-2,5,7-10H2. The van der Waals surface area contributed by atoms with Crippen molar-refractivity contribution in [3.05, 3.63) is 17.7 Å². The molecule has 0 radical (unpaired) electrons. The van der Waals surface area contributed by atoms with E-state index < -0.39 is 0 Å². The maximum atomic E-state index is 5.86. The molecule has 1 aromatic heterocycles. The first-order valence-electron chi connectivity index (χ1n) is 7.21. The zero-order valence-electron chi connectivity index (χ0n) is 11.3. The molecule has 0 bridgehead atoms. The van der Waals surface area contributed by atoms with Crippen LogP contribution in [0.1, 0.15) is 18.4 Å². The summed E-state index contributed by atoms with van der Waals surface area (Å²) in [5.74, 6) is 1.53. The molecule has 20 heavy (non-hydrogen) atoms. The van der Waals surface area contributed by atoms with Crippen LogP contribution in [0.3, 0.4) is 0 Å². The molecule has 4 rings (SSSR count). The second-order valence-electron chi connectivity index (χ2n) is 5.35. The smallest absolute Gasteiger partial charge is 0.206 e. The Morgan fingerprint density at radius 3 is 3.00 bits per heavy atom. The van der Waals surface area contributed by atoms with E-state index in [0.717, 1.165) is 29.7 Å². The number of rotatable bonds is 3. The van der Waals surface area contributed by atoms with E-state index in [1.807, 2.05) is 6.07 Å².